The van der Waals surface area contributed by atoms with Gasteiger partial charge in [-0.15, -0.1) is 0 Å². The standard InChI is InChI=1S/C18H25NO3/c1-13-7-6-10-16(11-13)19(12-14(2)18(21)22)17(20)15-8-4-3-5-9-15/h6-7,10-11,14-15H,3-5,8-9,12H2,1-2H3,(H,21,22). The molecule has 0 saturated heterocycles. The number of rotatable bonds is 5. The molecule has 1 aliphatic rings. The highest BCUT2D eigenvalue weighted by Gasteiger charge is 2.29. The van der Waals surface area contributed by atoms with Crippen molar-refractivity contribution in [3.63, 3.8) is 0 Å². The molecule has 1 atom stereocenters. The Bertz CT molecular complexity index is 535. The van der Waals surface area contributed by atoms with Gasteiger partial charge in [0.05, 0.1) is 5.92 Å². The lowest BCUT2D eigenvalue weighted by Gasteiger charge is -2.30. The molecule has 1 N–H and O–H groups in total. The van der Waals surface area contributed by atoms with Crippen molar-refractivity contribution >= 4 is 17.6 Å². The van der Waals surface area contributed by atoms with E-state index < -0.39 is 11.9 Å². The van der Waals surface area contributed by atoms with Crippen LogP contribution in [0.1, 0.15) is 44.6 Å². The molecule has 0 bridgehead atoms. The average molecular weight is 303 g/mol. The summed E-state index contributed by atoms with van der Waals surface area (Å²) >= 11 is 0. The molecule has 0 heterocycles. The number of carboxylic acid groups (broad SMARTS) is 1. The van der Waals surface area contributed by atoms with Crippen LogP contribution in [0, 0.1) is 18.8 Å². The first-order chi connectivity index (χ1) is 10.5. The highest BCUT2D eigenvalue weighted by Crippen LogP contribution is 2.28. The Morgan fingerprint density at radius 3 is 2.55 bits per heavy atom. The lowest BCUT2D eigenvalue weighted by atomic mass is 9.88. The Labute approximate surface area is 132 Å². The van der Waals surface area contributed by atoms with Crippen molar-refractivity contribution in [2.24, 2.45) is 11.8 Å². The third-order valence-corrected chi connectivity index (χ3v) is 4.41. The van der Waals surface area contributed by atoms with Crippen molar-refractivity contribution in [1.82, 2.24) is 0 Å². The van der Waals surface area contributed by atoms with E-state index in [1.807, 2.05) is 31.2 Å². The average Bonchev–Trinajstić information content (AvgIpc) is 2.52. The topological polar surface area (TPSA) is 57.6 Å². The monoisotopic (exact) mass is 303 g/mol. The minimum Gasteiger partial charge on any atom is -0.481 e. The number of hydrogen-bond acceptors (Lipinski definition) is 2. The summed E-state index contributed by atoms with van der Waals surface area (Å²) in [5, 5.41) is 9.19. The van der Waals surface area contributed by atoms with Gasteiger partial charge in [-0.1, -0.05) is 38.3 Å². The smallest absolute Gasteiger partial charge is 0.308 e. The maximum Gasteiger partial charge on any atom is 0.308 e. The van der Waals surface area contributed by atoms with Crippen LogP contribution in [-0.2, 0) is 9.59 Å². The second-order valence-corrected chi connectivity index (χ2v) is 6.36. The van der Waals surface area contributed by atoms with Crippen LogP contribution in [0.5, 0.6) is 0 Å². The SMILES string of the molecule is Cc1cccc(N(CC(C)C(=O)O)C(=O)C2CCCCC2)c1. The fourth-order valence-electron chi connectivity index (χ4n) is 3.04. The van der Waals surface area contributed by atoms with E-state index in [2.05, 4.69) is 0 Å². The summed E-state index contributed by atoms with van der Waals surface area (Å²) in [6.07, 6.45) is 5.21. The van der Waals surface area contributed by atoms with Gasteiger partial charge in [-0.25, -0.2) is 0 Å². The van der Waals surface area contributed by atoms with Gasteiger partial charge in [-0.2, -0.15) is 0 Å². The van der Waals surface area contributed by atoms with Crippen molar-refractivity contribution < 1.29 is 14.7 Å². The molecule has 1 fully saturated rings. The third kappa shape index (κ3) is 4.09. The Kier molecular flexibility index (Phi) is 5.58. The highest BCUT2D eigenvalue weighted by atomic mass is 16.4. The van der Waals surface area contributed by atoms with Crippen molar-refractivity contribution in [2.45, 2.75) is 46.0 Å². The maximum absolute atomic E-state index is 12.9. The summed E-state index contributed by atoms with van der Waals surface area (Å²) in [6.45, 7) is 3.86. The van der Waals surface area contributed by atoms with Crippen molar-refractivity contribution in [3.8, 4) is 0 Å². The van der Waals surface area contributed by atoms with E-state index in [1.165, 1.54) is 6.42 Å². The Hall–Kier alpha value is -1.84. The molecule has 4 heteroatoms. The van der Waals surface area contributed by atoms with Crippen LogP contribution in [0.15, 0.2) is 24.3 Å². The van der Waals surface area contributed by atoms with Gasteiger partial charge in [-0.3, -0.25) is 9.59 Å². The molecule has 1 aromatic rings. The van der Waals surface area contributed by atoms with Gasteiger partial charge < -0.3 is 10.0 Å². The Morgan fingerprint density at radius 1 is 1.27 bits per heavy atom. The normalized spacial score (nSPS) is 17.0. The summed E-state index contributed by atoms with van der Waals surface area (Å²) in [5.74, 6) is -1.32. The lowest BCUT2D eigenvalue weighted by molar-refractivity contribution is -0.140. The number of carboxylic acids is 1. The van der Waals surface area contributed by atoms with E-state index in [0.717, 1.165) is 36.9 Å². The van der Waals surface area contributed by atoms with E-state index in [9.17, 15) is 14.7 Å². The molecule has 0 aromatic heterocycles. The largest absolute Gasteiger partial charge is 0.481 e. The zero-order valence-electron chi connectivity index (χ0n) is 13.4. The lowest BCUT2D eigenvalue weighted by Crippen LogP contribution is -2.41. The minimum absolute atomic E-state index is 0.0373. The Balaban J connectivity index is 2.23. The fourth-order valence-corrected chi connectivity index (χ4v) is 3.04. The molecule has 1 unspecified atom stereocenters. The van der Waals surface area contributed by atoms with Gasteiger partial charge in [0, 0.05) is 18.2 Å². The molecule has 0 spiro atoms. The van der Waals surface area contributed by atoms with E-state index >= 15 is 0 Å². The molecule has 1 aromatic carbocycles. The summed E-state index contributed by atoms with van der Waals surface area (Å²) in [5.41, 5.74) is 1.88. The molecule has 4 nitrogen and oxygen atoms in total. The number of carbonyl (C=O) groups is 2. The summed E-state index contributed by atoms with van der Waals surface area (Å²) in [6, 6.07) is 7.74. The molecule has 0 radical (unpaired) electrons. The molecule has 120 valence electrons. The number of anilines is 1. The van der Waals surface area contributed by atoms with Crippen LogP contribution in [0.25, 0.3) is 0 Å². The number of hydrogen-bond donors (Lipinski definition) is 1. The predicted molar refractivity (Wildman–Crippen MR) is 86.9 cm³/mol. The second-order valence-electron chi connectivity index (χ2n) is 6.36. The van der Waals surface area contributed by atoms with Crippen LogP contribution < -0.4 is 4.90 Å². The minimum atomic E-state index is -0.867. The quantitative estimate of drug-likeness (QED) is 0.903. The van der Waals surface area contributed by atoms with E-state index in [0.29, 0.717) is 0 Å². The van der Waals surface area contributed by atoms with E-state index in [4.69, 9.17) is 0 Å². The van der Waals surface area contributed by atoms with Crippen molar-refractivity contribution in [1.29, 1.82) is 0 Å². The first-order valence-corrected chi connectivity index (χ1v) is 8.10. The molecule has 1 saturated carbocycles. The predicted octanol–water partition coefficient (Wildman–Crippen LogP) is 3.63. The highest BCUT2D eigenvalue weighted by molar-refractivity contribution is 5.95. The zero-order chi connectivity index (χ0) is 16.1. The number of nitrogens with zero attached hydrogens (tertiary/aromatic N) is 1. The number of aryl methyl sites for hydroxylation is 1. The first kappa shape index (κ1) is 16.5. The van der Waals surface area contributed by atoms with Gasteiger partial charge in [0.1, 0.15) is 0 Å². The molecular formula is C18H25NO3. The third-order valence-electron chi connectivity index (χ3n) is 4.41. The molecule has 0 aliphatic heterocycles. The summed E-state index contributed by atoms with van der Waals surface area (Å²) in [4.78, 5) is 25.8. The second kappa shape index (κ2) is 7.43. The van der Waals surface area contributed by atoms with E-state index in [1.54, 1.807) is 11.8 Å². The summed E-state index contributed by atoms with van der Waals surface area (Å²) < 4.78 is 0. The first-order valence-electron chi connectivity index (χ1n) is 8.10. The zero-order valence-corrected chi connectivity index (χ0v) is 13.4. The molecule has 1 amide bonds. The van der Waals surface area contributed by atoms with Gasteiger partial charge in [0.25, 0.3) is 0 Å². The van der Waals surface area contributed by atoms with Crippen LogP contribution in [0.3, 0.4) is 0 Å². The maximum atomic E-state index is 12.9. The Morgan fingerprint density at radius 2 is 1.95 bits per heavy atom. The van der Waals surface area contributed by atoms with Gasteiger partial charge in [-0.05, 0) is 37.5 Å². The number of carbonyl (C=O) groups excluding carboxylic acids is 1. The molecule has 2 rings (SSSR count). The van der Waals surface area contributed by atoms with Gasteiger partial charge >= 0.3 is 5.97 Å². The van der Waals surface area contributed by atoms with Crippen molar-refractivity contribution in [2.75, 3.05) is 11.4 Å². The van der Waals surface area contributed by atoms with Crippen LogP contribution in [-0.4, -0.2) is 23.5 Å². The molecular weight excluding hydrogens is 278 g/mol. The van der Waals surface area contributed by atoms with E-state index in [-0.39, 0.29) is 18.4 Å². The summed E-state index contributed by atoms with van der Waals surface area (Å²) in [7, 11) is 0. The number of benzene rings is 1. The van der Waals surface area contributed by atoms with Crippen LogP contribution in [0.4, 0.5) is 5.69 Å². The number of amides is 1. The molecule has 1 aliphatic carbocycles. The van der Waals surface area contributed by atoms with Crippen LogP contribution >= 0.6 is 0 Å². The molecule has 22 heavy (non-hydrogen) atoms. The number of aliphatic carboxylic acids is 1. The van der Waals surface area contributed by atoms with Crippen LogP contribution in [0.2, 0.25) is 0 Å². The fraction of sp³-hybridized carbons (Fsp3) is 0.556. The van der Waals surface area contributed by atoms with Crippen molar-refractivity contribution in [3.05, 3.63) is 29.8 Å². The van der Waals surface area contributed by atoms with Gasteiger partial charge in [0.2, 0.25) is 5.91 Å². The van der Waals surface area contributed by atoms with Gasteiger partial charge in [0.15, 0.2) is 0 Å².